The summed E-state index contributed by atoms with van der Waals surface area (Å²) in [4.78, 5) is 21.6. The van der Waals surface area contributed by atoms with Crippen LogP contribution in [0.5, 0.6) is 0 Å². The highest BCUT2D eigenvalue weighted by molar-refractivity contribution is 5.69. The SMILES string of the molecule is CC(=O)O[C@@H](CCCCCCCCCC(C)C)CC(=O)O. The van der Waals surface area contributed by atoms with Crippen molar-refractivity contribution in [2.75, 3.05) is 0 Å². The number of carboxylic acids is 1. The Bertz CT molecular complexity index is 271. The second-order valence-electron chi connectivity index (χ2n) is 6.28. The van der Waals surface area contributed by atoms with E-state index in [-0.39, 0.29) is 6.42 Å². The summed E-state index contributed by atoms with van der Waals surface area (Å²) in [5, 5.41) is 8.77. The van der Waals surface area contributed by atoms with Crippen molar-refractivity contribution in [3.63, 3.8) is 0 Å². The van der Waals surface area contributed by atoms with Crippen molar-refractivity contribution in [3.8, 4) is 0 Å². The Morgan fingerprint density at radius 2 is 1.38 bits per heavy atom. The highest BCUT2D eigenvalue weighted by Crippen LogP contribution is 2.15. The lowest BCUT2D eigenvalue weighted by molar-refractivity contribution is -0.151. The van der Waals surface area contributed by atoms with E-state index < -0.39 is 18.0 Å². The first-order valence-corrected chi connectivity index (χ1v) is 8.30. The van der Waals surface area contributed by atoms with E-state index in [9.17, 15) is 9.59 Å². The molecule has 0 aromatic carbocycles. The van der Waals surface area contributed by atoms with Gasteiger partial charge in [-0.25, -0.2) is 0 Å². The zero-order valence-electron chi connectivity index (χ0n) is 13.9. The van der Waals surface area contributed by atoms with E-state index in [2.05, 4.69) is 13.8 Å². The zero-order valence-corrected chi connectivity index (χ0v) is 13.9. The molecule has 0 aliphatic carbocycles. The third kappa shape index (κ3) is 15.2. The number of carbonyl (C=O) groups excluding carboxylic acids is 1. The molecule has 0 fully saturated rings. The maximum absolute atomic E-state index is 10.9. The molecule has 0 aliphatic rings. The number of aliphatic carboxylic acids is 1. The summed E-state index contributed by atoms with van der Waals surface area (Å²) in [6.07, 6.45) is 9.78. The monoisotopic (exact) mass is 300 g/mol. The van der Waals surface area contributed by atoms with Gasteiger partial charge in [-0.2, -0.15) is 0 Å². The van der Waals surface area contributed by atoms with Gasteiger partial charge in [0, 0.05) is 6.92 Å². The molecule has 1 N–H and O–H groups in total. The molecule has 0 bridgehead atoms. The fraction of sp³-hybridized carbons (Fsp3) is 0.882. The lowest BCUT2D eigenvalue weighted by Crippen LogP contribution is -2.20. The highest BCUT2D eigenvalue weighted by atomic mass is 16.5. The van der Waals surface area contributed by atoms with E-state index in [1.54, 1.807) is 0 Å². The summed E-state index contributed by atoms with van der Waals surface area (Å²) < 4.78 is 5.02. The molecule has 0 aromatic rings. The molecule has 0 rings (SSSR count). The van der Waals surface area contributed by atoms with Crippen molar-refractivity contribution in [3.05, 3.63) is 0 Å². The summed E-state index contributed by atoms with van der Waals surface area (Å²) >= 11 is 0. The summed E-state index contributed by atoms with van der Waals surface area (Å²) in [5.41, 5.74) is 0. The highest BCUT2D eigenvalue weighted by Gasteiger charge is 2.15. The quantitative estimate of drug-likeness (QED) is 0.400. The molecule has 0 aromatic heterocycles. The van der Waals surface area contributed by atoms with Crippen LogP contribution in [-0.2, 0) is 14.3 Å². The van der Waals surface area contributed by atoms with Crippen LogP contribution in [0.15, 0.2) is 0 Å². The zero-order chi connectivity index (χ0) is 16.1. The Balaban J connectivity index is 3.53. The van der Waals surface area contributed by atoms with Crippen molar-refractivity contribution in [1.29, 1.82) is 0 Å². The van der Waals surface area contributed by atoms with E-state index in [0.717, 1.165) is 18.8 Å². The molecular weight excluding hydrogens is 268 g/mol. The van der Waals surface area contributed by atoms with Crippen molar-refractivity contribution < 1.29 is 19.4 Å². The Morgan fingerprint density at radius 1 is 0.905 bits per heavy atom. The summed E-state index contributed by atoms with van der Waals surface area (Å²) in [6, 6.07) is 0. The van der Waals surface area contributed by atoms with Gasteiger partial charge in [-0.15, -0.1) is 0 Å². The normalized spacial score (nSPS) is 12.4. The predicted molar refractivity (Wildman–Crippen MR) is 84.2 cm³/mol. The number of esters is 1. The molecule has 0 saturated carbocycles. The van der Waals surface area contributed by atoms with Crippen LogP contribution in [0.1, 0.15) is 85.0 Å². The molecule has 0 radical (unpaired) electrons. The molecule has 0 aliphatic heterocycles. The van der Waals surface area contributed by atoms with Crippen LogP contribution in [0.4, 0.5) is 0 Å². The fourth-order valence-corrected chi connectivity index (χ4v) is 2.44. The van der Waals surface area contributed by atoms with Crippen LogP contribution in [0, 0.1) is 5.92 Å². The average Bonchev–Trinajstić information content (AvgIpc) is 2.34. The summed E-state index contributed by atoms with van der Waals surface area (Å²) in [7, 11) is 0. The van der Waals surface area contributed by atoms with Crippen LogP contribution >= 0.6 is 0 Å². The van der Waals surface area contributed by atoms with Crippen molar-refractivity contribution in [1.82, 2.24) is 0 Å². The van der Waals surface area contributed by atoms with E-state index >= 15 is 0 Å². The molecule has 0 unspecified atom stereocenters. The van der Waals surface area contributed by atoms with Crippen LogP contribution < -0.4 is 0 Å². The largest absolute Gasteiger partial charge is 0.481 e. The minimum absolute atomic E-state index is 0.0885. The van der Waals surface area contributed by atoms with Crippen molar-refractivity contribution >= 4 is 11.9 Å². The maximum atomic E-state index is 10.9. The Morgan fingerprint density at radius 3 is 1.81 bits per heavy atom. The van der Waals surface area contributed by atoms with E-state index in [4.69, 9.17) is 9.84 Å². The van der Waals surface area contributed by atoms with E-state index in [1.165, 1.54) is 45.4 Å². The third-order valence-corrected chi connectivity index (χ3v) is 3.54. The van der Waals surface area contributed by atoms with Crippen LogP contribution in [0.25, 0.3) is 0 Å². The molecular formula is C17H32O4. The Kier molecular flexibility index (Phi) is 12.0. The number of carboxylic acid groups (broad SMARTS) is 1. The standard InChI is InChI=1S/C17H32O4/c1-14(2)11-9-7-5-4-6-8-10-12-16(13-17(19)20)21-15(3)18/h14,16H,4-13H2,1-3H3,(H,19,20)/t16-/m0/s1. The molecule has 21 heavy (non-hydrogen) atoms. The number of hydrogen-bond acceptors (Lipinski definition) is 3. The summed E-state index contributed by atoms with van der Waals surface area (Å²) in [6.45, 7) is 5.85. The van der Waals surface area contributed by atoms with Gasteiger partial charge in [-0.3, -0.25) is 9.59 Å². The van der Waals surface area contributed by atoms with E-state index in [0.29, 0.717) is 6.42 Å². The molecule has 0 heterocycles. The third-order valence-electron chi connectivity index (χ3n) is 3.54. The van der Waals surface area contributed by atoms with Gasteiger partial charge in [0.05, 0.1) is 6.42 Å². The number of hydrogen-bond donors (Lipinski definition) is 1. The molecule has 124 valence electrons. The second kappa shape index (κ2) is 12.7. The first kappa shape index (κ1) is 19.9. The number of ether oxygens (including phenoxy) is 1. The van der Waals surface area contributed by atoms with Gasteiger partial charge in [0.2, 0.25) is 0 Å². The number of unbranched alkanes of at least 4 members (excludes halogenated alkanes) is 6. The molecule has 0 spiro atoms. The van der Waals surface area contributed by atoms with E-state index in [1.807, 2.05) is 0 Å². The summed E-state index contributed by atoms with van der Waals surface area (Å²) in [5.74, 6) is -0.504. The molecule has 4 nitrogen and oxygen atoms in total. The molecule has 4 heteroatoms. The number of carbonyl (C=O) groups is 2. The molecule has 0 amide bonds. The van der Waals surface area contributed by atoms with Gasteiger partial charge >= 0.3 is 11.9 Å². The Labute approximate surface area is 129 Å². The lowest BCUT2D eigenvalue weighted by Gasteiger charge is -2.14. The van der Waals surface area contributed by atoms with Gasteiger partial charge in [0.15, 0.2) is 0 Å². The molecule has 1 atom stereocenters. The van der Waals surface area contributed by atoms with Gasteiger partial charge < -0.3 is 9.84 Å². The van der Waals surface area contributed by atoms with Crippen LogP contribution in [0.2, 0.25) is 0 Å². The molecule has 0 saturated heterocycles. The topological polar surface area (TPSA) is 63.6 Å². The van der Waals surface area contributed by atoms with Gasteiger partial charge in [0.25, 0.3) is 0 Å². The van der Waals surface area contributed by atoms with Crippen molar-refractivity contribution in [2.45, 2.75) is 91.1 Å². The first-order valence-electron chi connectivity index (χ1n) is 8.30. The van der Waals surface area contributed by atoms with Gasteiger partial charge in [-0.05, 0) is 18.8 Å². The van der Waals surface area contributed by atoms with Gasteiger partial charge in [-0.1, -0.05) is 58.8 Å². The maximum Gasteiger partial charge on any atom is 0.307 e. The Hall–Kier alpha value is -1.06. The minimum atomic E-state index is -0.911. The van der Waals surface area contributed by atoms with Crippen LogP contribution in [-0.4, -0.2) is 23.1 Å². The van der Waals surface area contributed by atoms with Crippen molar-refractivity contribution in [2.24, 2.45) is 5.92 Å². The first-order chi connectivity index (χ1) is 9.91. The minimum Gasteiger partial charge on any atom is -0.481 e. The smallest absolute Gasteiger partial charge is 0.307 e. The second-order valence-corrected chi connectivity index (χ2v) is 6.28. The van der Waals surface area contributed by atoms with Crippen LogP contribution in [0.3, 0.4) is 0 Å². The number of rotatable bonds is 13. The fourth-order valence-electron chi connectivity index (χ4n) is 2.44. The lowest BCUT2D eigenvalue weighted by atomic mass is 10.0. The predicted octanol–water partition coefficient (Wildman–Crippen LogP) is 4.56. The average molecular weight is 300 g/mol. The van der Waals surface area contributed by atoms with Gasteiger partial charge in [0.1, 0.15) is 6.10 Å².